The summed E-state index contributed by atoms with van der Waals surface area (Å²) in [6, 6.07) is 10.2. The van der Waals surface area contributed by atoms with Crippen LogP contribution in [0.3, 0.4) is 0 Å². The summed E-state index contributed by atoms with van der Waals surface area (Å²) >= 11 is 6.15. The number of furan rings is 1. The summed E-state index contributed by atoms with van der Waals surface area (Å²) in [4.78, 5) is 14.4. The van der Waals surface area contributed by atoms with Gasteiger partial charge in [0.15, 0.2) is 11.3 Å². The first-order valence-electron chi connectivity index (χ1n) is 9.01. The molecule has 0 bridgehead atoms. The molecule has 9 heteroatoms. The molecule has 2 aromatic carbocycles. The summed E-state index contributed by atoms with van der Waals surface area (Å²) in [5, 5.41) is 1.20. The standard InChI is InChI=1S/C20H18ClFN2O4S/c1-13-16-6-3-7-17(21)19(16)28-18(13)20(25)23-8-10-24(11-9-23)29(26,27)15-5-2-4-14(22)12-15/h2-7,12H,8-11H2,1H3. The number of carbonyl (C=O) groups is 1. The van der Waals surface area contributed by atoms with E-state index < -0.39 is 15.8 Å². The second-order valence-electron chi connectivity index (χ2n) is 6.83. The van der Waals surface area contributed by atoms with Crippen molar-refractivity contribution in [2.45, 2.75) is 11.8 Å². The summed E-state index contributed by atoms with van der Waals surface area (Å²) < 4.78 is 45.8. The number of piperazine rings is 1. The Morgan fingerprint density at radius 3 is 2.45 bits per heavy atom. The van der Waals surface area contributed by atoms with Gasteiger partial charge in [-0.2, -0.15) is 4.31 Å². The second-order valence-corrected chi connectivity index (χ2v) is 9.17. The highest BCUT2D eigenvalue weighted by Gasteiger charge is 2.32. The molecule has 3 aromatic rings. The van der Waals surface area contributed by atoms with Gasteiger partial charge >= 0.3 is 0 Å². The van der Waals surface area contributed by atoms with Crippen LogP contribution >= 0.6 is 11.6 Å². The van der Waals surface area contributed by atoms with Crippen molar-refractivity contribution in [2.24, 2.45) is 0 Å². The number of aryl methyl sites for hydroxylation is 1. The molecule has 1 aliphatic heterocycles. The number of sulfonamides is 1. The van der Waals surface area contributed by atoms with Gasteiger partial charge in [-0.15, -0.1) is 0 Å². The zero-order valence-corrected chi connectivity index (χ0v) is 17.1. The molecule has 1 aromatic heterocycles. The number of hydrogen-bond acceptors (Lipinski definition) is 4. The molecule has 0 unspecified atom stereocenters. The van der Waals surface area contributed by atoms with Gasteiger partial charge in [0, 0.05) is 37.1 Å². The van der Waals surface area contributed by atoms with Crippen LogP contribution in [0.25, 0.3) is 11.0 Å². The first kappa shape index (κ1) is 19.9. The third kappa shape index (κ3) is 3.52. The van der Waals surface area contributed by atoms with E-state index in [0.29, 0.717) is 16.2 Å². The SMILES string of the molecule is Cc1c(C(=O)N2CCN(S(=O)(=O)c3cccc(F)c3)CC2)oc2c(Cl)cccc12. The van der Waals surface area contributed by atoms with E-state index in [1.807, 2.05) is 6.07 Å². The molecule has 0 spiro atoms. The third-order valence-electron chi connectivity index (χ3n) is 5.07. The number of fused-ring (bicyclic) bond motifs is 1. The number of amides is 1. The molecule has 1 aliphatic rings. The number of benzene rings is 2. The van der Waals surface area contributed by atoms with Crippen molar-refractivity contribution in [1.29, 1.82) is 0 Å². The van der Waals surface area contributed by atoms with Gasteiger partial charge in [0.1, 0.15) is 5.82 Å². The van der Waals surface area contributed by atoms with E-state index in [-0.39, 0.29) is 42.7 Å². The van der Waals surface area contributed by atoms with Gasteiger partial charge in [-0.25, -0.2) is 12.8 Å². The molecule has 0 aliphatic carbocycles. The molecule has 6 nitrogen and oxygen atoms in total. The van der Waals surface area contributed by atoms with E-state index >= 15 is 0 Å². The Labute approximate surface area is 172 Å². The zero-order chi connectivity index (χ0) is 20.8. The highest BCUT2D eigenvalue weighted by atomic mass is 35.5. The van der Waals surface area contributed by atoms with Gasteiger partial charge in [-0.3, -0.25) is 4.79 Å². The van der Waals surface area contributed by atoms with Gasteiger partial charge < -0.3 is 9.32 Å². The molecule has 0 N–H and O–H groups in total. The summed E-state index contributed by atoms with van der Waals surface area (Å²) in [5.41, 5.74) is 1.16. The lowest BCUT2D eigenvalue weighted by Crippen LogP contribution is -2.50. The lowest BCUT2D eigenvalue weighted by molar-refractivity contribution is 0.0667. The fourth-order valence-corrected chi connectivity index (χ4v) is 5.13. The molecule has 4 rings (SSSR count). The minimum Gasteiger partial charge on any atom is -0.449 e. The Kier molecular flexibility index (Phi) is 5.10. The first-order chi connectivity index (χ1) is 13.8. The first-order valence-corrected chi connectivity index (χ1v) is 10.8. The molecule has 0 radical (unpaired) electrons. The minimum absolute atomic E-state index is 0.0972. The summed E-state index contributed by atoms with van der Waals surface area (Å²) in [6.45, 7) is 2.44. The Hall–Kier alpha value is -2.42. The van der Waals surface area contributed by atoms with Crippen LogP contribution in [0.15, 0.2) is 51.8 Å². The summed E-state index contributed by atoms with van der Waals surface area (Å²) in [6.07, 6.45) is 0. The van der Waals surface area contributed by atoms with E-state index in [0.717, 1.165) is 11.5 Å². The molecule has 0 atom stereocenters. The maximum absolute atomic E-state index is 13.4. The van der Waals surface area contributed by atoms with Crippen molar-refractivity contribution >= 4 is 38.5 Å². The highest BCUT2D eigenvalue weighted by Crippen LogP contribution is 2.31. The molecule has 1 amide bonds. The average molecular weight is 437 g/mol. The van der Waals surface area contributed by atoms with Gasteiger partial charge in [0.2, 0.25) is 10.0 Å². The predicted molar refractivity (Wildman–Crippen MR) is 107 cm³/mol. The second kappa shape index (κ2) is 7.44. The van der Waals surface area contributed by atoms with E-state index in [1.165, 1.54) is 22.5 Å². The van der Waals surface area contributed by atoms with Crippen LogP contribution in [0, 0.1) is 12.7 Å². The van der Waals surface area contributed by atoms with Crippen LogP contribution in [0.2, 0.25) is 5.02 Å². The number of nitrogens with zero attached hydrogens (tertiary/aromatic N) is 2. The van der Waals surface area contributed by atoms with Crippen molar-refractivity contribution in [2.75, 3.05) is 26.2 Å². The van der Waals surface area contributed by atoms with Crippen LogP contribution in [0.1, 0.15) is 16.1 Å². The number of rotatable bonds is 3. The van der Waals surface area contributed by atoms with E-state index in [9.17, 15) is 17.6 Å². The highest BCUT2D eigenvalue weighted by molar-refractivity contribution is 7.89. The number of para-hydroxylation sites is 1. The third-order valence-corrected chi connectivity index (χ3v) is 7.26. The van der Waals surface area contributed by atoms with Gasteiger partial charge in [-0.1, -0.05) is 29.8 Å². The average Bonchev–Trinajstić information content (AvgIpc) is 3.06. The van der Waals surface area contributed by atoms with Crippen molar-refractivity contribution in [3.8, 4) is 0 Å². The van der Waals surface area contributed by atoms with Crippen molar-refractivity contribution in [3.63, 3.8) is 0 Å². The maximum Gasteiger partial charge on any atom is 0.289 e. The molecule has 0 saturated carbocycles. The van der Waals surface area contributed by atoms with E-state index in [1.54, 1.807) is 24.0 Å². The van der Waals surface area contributed by atoms with E-state index in [4.69, 9.17) is 16.0 Å². The molecule has 1 saturated heterocycles. The predicted octanol–water partition coefficient (Wildman–Crippen LogP) is 3.68. The lowest BCUT2D eigenvalue weighted by Gasteiger charge is -2.33. The Morgan fingerprint density at radius 1 is 1.10 bits per heavy atom. The van der Waals surface area contributed by atoms with Crippen molar-refractivity contribution < 1.29 is 22.0 Å². The smallest absolute Gasteiger partial charge is 0.289 e. The molecule has 2 heterocycles. The Bertz CT molecular complexity index is 1200. The van der Waals surface area contributed by atoms with Crippen LogP contribution in [0.5, 0.6) is 0 Å². The normalized spacial score (nSPS) is 15.8. The van der Waals surface area contributed by atoms with Crippen LogP contribution in [-0.4, -0.2) is 49.7 Å². The fraction of sp³-hybridized carbons (Fsp3) is 0.250. The number of hydrogen-bond donors (Lipinski definition) is 0. The lowest BCUT2D eigenvalue weighted by atomic mass is 10.1. The molecule has 29 heavy (non-hydrogen) atoms. The minimum atomic E-state index is -3.82. The van der Waals surface area contributed by atoms with Crippen LogP contribution < -0.4 is 0 Å². The zero-order valence-electron chi connectivity index (χ0n) is 15.6. The molecular formula is C20H18ClFN2O4S. The Balaban J connectivity index is 1.52. The van der Waals surface area contributed by atoms with Crippen molar-refractivity contribution in [1.82, 2.24) is 9.21 Å². The number of carbonyl (C=O) groups excluding carboxylic acids is 1. The van der Waals surface area contributed by atoms with Crippen LogP contribution in [-0.2, 0) is 10.0 Å². The van der Waals surface area contributed by atoms with Gasteiger partial charge in [0.25, 0.3) is 5.91 Å². The molecule has 152 valence electrons. The molecular weight excluding hydrogens is 419 g/mol. The topological polar surface area (TPSA) is 70.8 Å². The summed E-state index contributed by atoms with van der Waals surface area (Å²) in [7, 11) is -3.82. The quantitative estimate of drug-likeness (QED) is 0.628. The van der Waals surface area contributed by atoms with E-state index in [2.05, 4.69) is 0 Å². The fourth-order valence-electron chi connectivity index (χ4n) is 3.46. The van der Waals surface area contributed by atoms with Gasteiger partial charge in [0.05, 0.1) is 9.92 Å². The summed E-state index contributed by atoms with van der Waals surface area (Å²) in [5.74, 6) is -0.717. The van der Waals surface area contributed by atoms with Crippen LogP contribution in [0.4, 0.5) is 4.39 Å². The van der Waals surface area contributed by atoms with Crippen molar-refractivity contribution in [3.05, 3.63) is 64.6 Å². The number of halogens is 2. The maximum atomic E-state index is 13.4. The van der Waals surface area contributed by atoms with Gasteiger partial charge in [-0.05, 0) is 31.2 Å². The monoisotopic (exact) mass is 436 g/mol. The largest absolute Gasteiger partial charge is 0.449 e. The Morgan fingerprint density at radius 2 is 1.79 bits per heavy atom. The molecule has 1 fully saturated rings.